The van der Waals surface area contributed by atoms with Crippen LogP contribution in [-0.4, -0.2) is 61.5 Å². The van der Waals surface area contributed by atoms with Crippen LogP contribution in [0.4, 0.5) is 5.69 Å². The lowest BCUT2D eigenvalue weighted by Crippen LogP contribution is -2.36. The van der Waals surface area contributed by atoms with Crippen molar-refractivity contribution in [1.29, 1.82) is 0 Å². The Kier molecular flexibility index (Phi) is 9.98. The molecule has 1 aliphatic rings. The number of fused-ring (bicyclic) bond motifs is 1. The minimum atomic E-state index is -0.948. The third-order valence-electron chi connectivity index (χ3n) is 6.74. The van der Waals surface area contributed by atoms with E-state index in [2.05, 4.69) is 10.3 Å². The largest absolute Gasteiger partial charge is 0.497 e. The van der Waals surface area contributed by atoms with Crippen molar-refractivity contribution in [1.82, 2.24) is 5.32 Å². The van der Waals surface area contributed by atoms with Crippen molar-refractivity contribution >= 4 is 29.2 Å². The molecule has 2 aromatic rings. The number of rotatable bonds is 14. The van der Waals surface area contributed by atoms with Crippen molar-refractivity contribution in [3.63, 3.8) is 0 Å². The Balaban J connectivity index is 1.61. The van der Waals surface area contributed by atoms with E-state index in [1.54, 1.807) is 13.2 Å². The van der Waals surface area contributed by atoms with Crippen LogP contribution >= 0.6 is 0 Å². The molecule has 1 aliphatic heterocycles. The first-order valence-electron chi connectivity index (χ1n) is 12.7. The highest BCUT2D eigenvalue weighted by molar-refractivity contribution is 6.05. The van der Waals surface area contributed by atoms with Crippen molar-refractivity contribution in [2.24, 2.45) is 16.5 Å². The zero-order chi connectivity index (χ0) is 27.7. The second kappa shape index (κ2) is 13.2. The lowest BCUT2D eigenvalue weighted by atomic mass is 9.70. The van der Waals surface area contributed by atoms with Gasteiger partial charge in [0.1, 0.15) is 18.4 Å². The number of methoxy groups -OCH3 is 1. The number of nitrogens with two attached hydrogens (primary N) is 2. The first kappa shape index (κ1) is 28.8. The Labute approximate surface area is 222 Å². The first-order chi connectivity index (χ1) is 18.2. The highest BCUT2D eigenvalue weighted by Crippen LogP contribution is 2.48. The SMILES string of the molecule is COc1ccc2c(c1)C(CC(=O)O)(c1ccc(CC(=O)NCCOC(=O)C(N)CCCCN)cc1)C(C)=N2. The Bertz CT molecular complexity index is 1180. The molecule has 0 saturated heterocycles. The van der Waals surface area contributed by atoms with Crippen molar-refractivity contribution in [3.05, 3.63) is 59.2 Å². The number of carbonyl (C=O) groups is 3. The molecule has 0 saturated carbocycles. The van der Waals surface area contributed by atoms with Gasteiger partial charge in [0, 0.05) is 5.71 Å². The predicted octanol–water partition coefficient (Wildman–Crippen LogP) is 2.22. The molecule has 204 valence electrons. The molecule has 38 heavy (non-hydrogen) atoms. The molecule has 0 bridgehead atoms. The number of nitrogens with one attached hydrogen (secondary N) is 1. The zero-order valence-corrected chi connectivity index (χ0v) is 21.9. The first-order valence-corrected chi connectivity index (χ1v) is 12.7. The van der Waals surface area contributed by atoms with Crippen LogP contribution in [0.1, 0.15) is 49.3 Å². The Morgan fingerprint density at radius 2 is 1.87 bits per heavy atom. The molecule has 2 unspecified atom stereocenters. The van der Waals surface area contributed by atoms with Crippen LogP contribution in [0.15, 0.2) is 47.5 Å². The summed E-state index contributed by atoms with van der Waals surface area (Å²) in [5, 5.41) is 12.5. The fourth-order valence-corrected chi connectivity index (χ4v) is 4.70. The van der Waals surface area contributed by atoms with Crippen LogP contribution in [0.2, 0.25) is 0 Å². The van der Waals surface area contributed by atoms with Crippen molar-refractivity contribution in [2.45, 2.75) is 50.5 Å². The number of ether oxygens (including phenoxy) is 2. The molecule has 0 fully saturated rings. The van der Waals surface area contributed by atoms with Crippen molar-refractivity contribution < 1.29 is 29.0 Å². The van der Waals surface area contributed by atoms with Crippen LogP contribution in [-0.2, 0) is 31.0 Å². The van der Waals surface area contributed by atoms with Gasteiger partial charge in [0.25, 0.3) is 0 Å². The number of carboxylic acids is 1. The smallest absolute Gasteiger partial charge is 0.322 e. The highest BCUT2D eigenvalue weighted by atomic mass is 16.5. The van der Waals surface area contributed by atoms with E-state index in [9.17, 15) is 19.5 Å². The Morgan fingerprint density at radius 1 is 1.13 bits per heavy atom. The van der Waals surface area contributed by atoms with Gasteiger partial charge in [0.2, 0.25) is 5.91 Å². The van der Waals surface area contributed by atoms with Crippen LogP contribution in [0.5, 0.6) is 5.75 Å². The summed E-state index contributed by atoms with van der Waals surface area (Å²) in [6.07, 6.45) is 2.02. The molecular formula is C28H36N4O6. The summed E-state index contributed by atoms with van der Waals surface area (Å²) in [6, 6.07) is 12.1. The van der Waals surface area contributed by atoms with Crippen LogP contribution in [0.25, 0.3) is 0 Å². The Morgan fingerprint density at radius 3 is 2.53 bits per heavy atom. The van der Waals surface area contributed by atoms with E-state index in [0.717, 1.165) is 29.5 Å². The zero-order valence-electron chi connectivity index (χ0n) is 21.9. The molecular weight excluding hydrogens is 488 g/mol. The summed E-state index contributed by atoms with van der Waals surface area (Å²) in [4.78, 5) is 40.9. The summed E-state index contributed by atoms with van der Waals surface area (Å²) < 4.78 is 10.5. The molecule has 2 aromatic carbocycles. The van der Waals surface area contributed by atoms with E-state index in [4.69, 9.17) is 20.9 Å². The summed E-state index contributed by atoms with van der Waals surface area (Å²) in [5.41, 5.74) is 14.0. The Hall–Kier alpha value is -3.76. The number of benzene rings is 2. The molecule has 1 amide bonds. The maximum absolute atomic E-state index is 12.4. The van der Waals surface area contributed by atoms with Gasteiger partial charge in [-0.2, -0.15) is 0 Å². The minimum Gasteiger partial charge on any atom is -0.497 e. The number of aliphatic imine (C=N–C) groups is 1. The number of esters is 1. The maximum Gasteiger partial charge on any atom is 0.322 e. The molecule has 0 spiro atoms. The summed E-state index contributed by atoms with van der Waals surface area (Å²) >= 11 is 0. The van der Waals surface area contributed by atoms with Crippen LogP contribution in [0, 0.1) is 0 Å². The fraction of sp³-hybridized carbons (Fsp3) is 0.429. The van der Waals surface area contributed by atoms with Gasteiger partial charge >= 0.3 is 11.9 Å². The number of aliphatic carboxylic acids is 1. The molecule has 0 aliphatic carbocycles. The summed E-state index contributed by atoms with van der Waals surface area (Å²) in [5.74, 6) is -1.05. The summed E-state index contributed by atoms with van der Waals surface area (Å²) in [7, 11) is 1.56. The van der Waals surface area contributed by atoms with Gasteiger partial charge in [-0.05, 0) is 61.2 Å². The normalized spacial score (nSPS) is 16.8. The summed E-state index contributed by atoms with van der Waals surface area (Å²) in [6.45, 7) is 2.59. The molecule has 1 heterocycles. The van der Waals surface area contributed by atoms with Gasteiger partial charge in [0.05, 0.1) is 37.6 Å². The number of nitrogens with zero attached hydrogens (tertiary/aromatic N) is 1. The lowest BCUT2D eigenvalue weighted by Gasteiger charge is -2.30. The molecule has 0 radical (unpaired) electrons. The minimum absolute atomic E-state index is 0.0350. The van der Waals surface area contributed by atoms with Gasteiger partial charge in [-0.1, -0.05) is 30.7 Å². The van der Waals surface area contributed by atoms with Gasteiger partial charge < -0.3 is 31.4 Å². The number of carboxylic acid groups (broad SMARTS) is 1. The average Bonchev–Trinajstić information content (AvgIpc) is 3.17. The lowest BCUT2D eigenvalue weighted by molar-refractivity contribution is -0.145. The van der Waals surface area contributed by atoms with Crippen molar-refractivity contribution in [3.8, 4) is 5.75 Å². The number of carbonyl (C=O) groups excluding carboxylic acids is 2. The molecule has 0 aromatic heterocycles. The van der Waals surface area contributed by atoms with Gasteiger partial charge in [-0.25, -0.2) is 0 Å². The quantitative estimate of drug-likeness (QED) is 0.216. The average molecular weight is 525 g/mol. The topological polar surface area (TPSA) is 166 Å². The van der Waals surface area contributed by atoms with E-state index in [0.29, 0.717) is 30.1 Å². The van der Waals surface area contributed by atoms with E-state index >= 15 is 0 Å². The van der Waals surface area contributed by atoms with Crippen LogP contribution < -0.4 is 21.5 Å². The number of hydrogen-bond donors (Lipinski definition) is 4. The van der Waals surface area contributed by atoms with E-state index in [1.165, 1.54) is 0 Å². The molecule has 6 N–H and O–H groups in total. The second-order valence-electron chi connectivity index (χ2n) is 9.34. The van der Waals surface area contributed by atoms with Gasteiger partial charge in [0.15, 0.2) is 0 Å². The van der Waals surface area contributed by atoms with Gasteiger partial charge in [-0.15, -0.1) is 0 Å². The standard InChI is InChI=1S/C28H36N4O6/c1-18-28(17-26(34)35,22-16-21(37-2)10-11-24(22)32-18)20-8-6-19(7-9-20)15-25(33)31-13-14-38-27(36)23(30)5-3-4-12-29/h6-11,16,23H,3-5,12-15,17,29-30H2,1-2H3,(H,31,33)(H,34,35). The van der Waals surface area contributed by atoms with E-state index in [-0.39, 0.29) is 31.9 Å². The fourth-order valence-electron chi connectivity index (χ4n) is 4.70. The number of hydrogen-bond acceptors (Lipinski definition) is 8. The molecule has 3 rings (SSSR count). The molecule has 10 nitrogen and oxygen atoms in total. The predicted molar refractivity (Wildman–Crippen MR) is 144 cm³/mol. The highest BCUT2D eigenvalue weighted by Gasteiger charge is 2.45. The van der Waals surface area contributed by atoms with Crippen molar-refractivity contribution in [2.75, 3.05) is 26.8 Å². The van der Waals surface area contributed by atoms with Gasteiger partial charge in [-0.3, -0.25) is 19.4 Å². The third kappa shape index (κ3) is 6.76. The maximum atomic E-state index is 12.4. The second-order valence-corrected chi connectivity index (χ2v) is 9.34. The van der Waals surface area contributed by atoms with E-state index < -0.39 is 23.4 Å². The third-order valence-corrected chi connectivity index (χ3v) is 6.74. The van der Waals surface area contributed by atoms with Crippen LogP contribution in [0.3, 0.4) is 0 Å². The molecule has 2 atom stereocenters. The number of unbranched alkanes of at least 4 members (excludes halogenated alkanes) is 1. The van der Waals surface area contributed by atoms with E-state index in [1.807, 2.05) is 43.3 Å². The monoisotopic (exact) mass is 524 g/mol. The molecule has 10 heteroatoms. The number of amides is 1.